The van der Waals surface area contributed by atoms with E-state index in [4.69, 9.17) is 47.4 Å². The molecule has 0 N–H and O–H groups in total. The number of carbonyl (C=O) groups is 2. The zero-order valence-electron chi connectivity index (χ0n) is 29.0. The number of ether oxygens (including phenoxy) is 10. The molecule has 12 heteroatoms. The van der Waals surface area contributed by atoms with Crippen LogP contribution >= 0.6 is 0 Å². The molecule has 0 radical (unpaired) electrons. The topological polar surface area (TPSA) is 126 Å². The smallest absolute Gasteiger partial charge is 0.182 e. The van der Waals surface area contributed by atoms with E-state index in [9.17, 15) is 4.79 Å². The van der Waals surface area contributed by atoms with E-state index >= 15 is 4.79 Å². The molecule has 50 heavy (non-hydrogen) atoms. The Kier molecular flexibility index (Phi) is 9.54. The number of hydrogen-bond donors (Lipinski definition) is 0. The van der Waals surface area contributed by atoms with Gasteiger partial charge in [-0.2, -0.15) is 0 Å². The van der Waals surface area contributed by atoms with Crippen molar-refractivity contribution in [1.82, 2.24) is 0 Å². The van der Waals surface area contributed by atoms with Crippen LogP contribution in [-0.2, 0) is 11.2 Å². The quantitative estimate of drug-likeness (QED) is 0.181. The highest BCUT2D eigenvalue weighted by atomic mass is 16.5. The van der Waals surface area contributed by atoms with Crippen LogP contribution in [0.4, 0.5) is 0 Å². The monoisotopic (exact) mass is 686 g/mol. The van der Waals surface area contributed by atoms with E-state index in [0.717, 1.165) is 0 Å². The number of ketones is 2. The summed E-state index contributed by atoms with van der Waals surface area (Å²) in [5, 5.41) is 0. The fraction of sp³-hybridized carbons (Fsp3) is 0.316. The van der Waals surface area contributed by atoms with Crippen molar-refractivity contribution < 1.29 is 57.0 Å². The molecule has 0 aromatic heterocycles. The summed E-state index contributed by atoms with van der Waals surface area (Å²) >= 11 is 0. The van der Waals surface area contributed by atoms with Crippen LogP contribution in [0.15, 0.2) is 54.6 Å². The first-order valence-corrected chi connectivity index (χ1v) is 15.6. The Morgan fingerprint density at radius 3 is 1.72 bits per heavy atom. The van der Waals surface area contributed by atoms with Crippen molar-refractivity contribution in [3.05, 3.63) is 82.4 Å². The predicted octanol–water partition coefficient (Wildman–Crippen LogP) is 6.10. The van der Waals surface area contributed by atoms with E-state index < -0.39 is 18.1 Å². The van der Waals surface area contributed by atoms with Gasteiger partial charge in [-0.15, -0.1) is 0 Å². The van der Waals surface area contributed by atoms with E-state index in [1.54, 1.807) is 54.6 Å². The number of hydrogen-bond acceptors (Lipinski definition) is 12. The molecule has 6 rings (SSSR count). The second-order valence-electron chi connectivity index (χ2n) is 11.5. The van der Waals surface area contributed by atoms with E-state index in [1.807, 2.05) is 0 Å². The maximum absolute atomic E-state index is 15.0. The zero-order valence-corrected chi connectivity index (χ0v) is 29.0. The average Bonchev–Trinajstić information content (AvgIpc) is 3.15. The van der Waals surface area contributed by atoms with Gasteiger partial charge < -0.3 is 47.4 Å². The fourth-order valence-electron chi connectivity index (χ4n) is 6.59. The van der Waals surface area contributed by atoms with E-state index in [2.05, 4.69) is 0 Å². The summed E-state index contributed by atoms with van der Waals surface area (Å²) in [5.41, 5.74) is 2.19. The minimum absolute atomic E-state index is 0.0472. The summed E-state index contributed by atoms with van der Waals surface area (Å²) in [4.78, 5) is 28.8. The van der Waals surface area contributed by atoms with Gasteiger partial charge in [-0.05, 0) is 29.8 Å². The van der Waals surface area contributed by atoms with Gasteiger partial charge in [-0.3, -0.25) is 9.59 Å². The van der Waals surface area contributed by atoms with E-state index in [0.29, 0.717) is 62.5 Å². The van der Waals surface area contributed by atoms with Gasteiger partial charge in [0.15, 0.2) is 40.7 Å². The lowest BCUT2D eigenvalue weighted by atomic mass is 9.78. The van der Waals surface area contributed by atoms with Gasteiger partial charge in [0, 0.05) is 35.7 Å². The Bertz CT molecular complexity index is 1950. The number of rotatable bonds is 11. The van der Waals surface area contributed by atoms with Crippen LogP contribution in [0.5, 0.6) is 57.5 Å². The molecule has 262 valence electrons. The molecular weight excluding hydrogens is 648 g/mol. The third kappa shape index (κ3) is 5.70. The SMILES string of the molecule is COc1cc(OC)c2c(c1)O[C@H](c1ccc(OC)c(OC)c1)[C@H](c1c(OC)cc(OC)c3c1O[C@H](c1ccc(OC)c(OC)c1)C(=O)C3)C2=O. The van der Waals surface area contributed by atoms with Crippen LogP contribution in [0.2, 0.25) is 0 Å². The first-order chi connectivity index (χ1) is 24.2. The molecule has 3 atom stereocenters. The lowest BCUT2D eigenvalue weighted by Gasteiger charge is -2.37. The van der Waals surface area contributed by atoms with Gasteiger partial charge in [0.05, 0.1) is 68.4 Å². The standard InChI is InChI=1S/C38H38O12/c1-41-21-15-29(47-7)32-31(16-21)49-37(20-10-12-25(43-3)28(14-20)46-6)34(35(32)40)33-30(48-8)18-26(44-4)22-17-23(39)36(50-38(22)33)19-9-11-24(42-2)27(13-19)45-5/h9-16,18,34,36-37H,17H2,1-8H3/t34-,36-,37-/m1/s1. The molecule has 0 bridgehead atoms. The van der Waals surface area contributed by atoms with Crippen LogP contribution in [0.3, 0.4) is 0 Å². The Labute approximate surface area is 289 Å². The number of fused-ring (bicyclic) bond motifs is 2. The van der Waals surface area contributed by atoms with Gasteiger partial charge in [-0.25, -0.2) is 0 Å². The largest absolute Gasteiger partial charge is 0.496 e. The zero-order chi connectivity index (χ0) is 35.7. The van der Waals surface area contributed by atoms with Crippen molar-refractivity contribution in [3.63, 3.8) is 0 Å². The second kappa shape index (κ2) is 14.0. The van der Waals surface area contributed by atoms with Gasteiger partial charge >= 0.3 is 0 Å². The lowest BCUT2D eigenvalue weighted by Crippen LogP contribution is -2.33. The first kappa shape index (κ1) is 34.1. The first-order valence-electron chi connectivity index (χ1n) is 15.6. The highest BCUT2D eigenvalue weighted by Gasteiger charge is 2.47. The molecule has 0 unspecified atom stereocenters. The molecule has 0 spiro atoms. The van der Waals surface area contributed by atoms with Gasteiger partial charge in [0.25, 0.3) is 0 Å². The Morgan fingerprint density at radius 2 is 1.14 bits per heavy atom. The summed E-state index contributed by atoms with van der Waals surface area (Å²) in [6.07, 6.45) is -2.05. The molecule has 4 aromatic rings. The Morgan fingerprint density at radius 1 is 0.560 bits per heavy atom. The molecule has 0 fully saturated rings. The van der Waals surface area contributed by atoms with E-state index in [1.165, 1.54) is 56.9 Å². The maximum Gasteiger partial charge on any atom is 0.182 e. The molecule has 12 nitrogen and oxygen atoms in total. The van der Waals surface area contributed by atoms with Crippen molar-refractivity contribution >= 4 is 11.6 Å². The van der Waals surface area contributed by atoms with Gasteiger partial charge in [0.1, 0.15) is 46.2 Å². The van der Waals surface area contributed by atoms with Crippen molar-refractivity contribution in [2.24, 2.45) is 0 Å². The van der Waals surface area contributed by atoms with Crippen LogP contribution in [-0.4, -0.2) is 68.4 Å². The molecule has 0 amide bonds. The second-order valence-corrected chi connectivity index (χ2v) is 11.5. The van der Waals surface area contributed by atoms with Crippen LogP contribution in [0.1, 0.15) is 50.7 Å². The molecule has 2 aliphatic rings. The average molecular weight is 687 g/mol. The third-order valence-electron chi connectivity index (χ3n) is 9.00. The summed E-state index contributed by atoms with van der Waals surface area (Å²) in [7, 11) is 12.1. The summed E-state index contributed by atoms with van der Waals surface area (Å²) in [6, 6.07) is 15.3. The highest BCUT2D eigenvalue weighted by molar-refractivity contribution is 6.08. The van der Waals surface area contributed by atoms with Gasteiger partial charge in [-0.1, -0.05) is 12.1 Å². The summed E-state index contributed by atoms with van der Waals surface area (Å²) < 4.78 is 58.3. The summed E-state index contributed by atoms with van der Waals surface area (Å²) in [5.74, 6) is 2.14. The van der Waals surface area contributed by atoms with Crippen molar-refractivity contribution in [1.29, 1.82) is 0 Å². The maximum atomic E-state index is 15.0. The minimum Gasteiger partial charge on any atom is -0.496 e. The molecular formula is C38H38O12. The number of methoxy groups -OCH3 is 8. The number of benzene rings is 4. The lowest BCUT2D eigenvalue weighted by molar-refractivity contribution is -0.126. The van der Waals surface area contributed by atoms with Crippen molar-refractivity contribution in [2.45, 2.75) is 24.5 Å². The van der Waals surface area contributed by atoms with Crippen molar-refractivity contribution in [2.75, 3.05) is 56.9 Å². The Hall–Kier alpha value is -5.78. The van der Waals surface area contributed by atoms with Crippen LogP contribution < -0.4 is 47.4 Å². The molecule has 2 aliphatic heterocycles. The predicted molar refractivity (Wildman–Crippen MR) is 181 cm³/mol. The number of Topliss-reactive ketones (excluding diaryl/α,β-unsaturated/α-hetero) is 2. The number of carbonyl (C=O) groups excluding carboxylic acids is 2. The fourth-order valence-corrected chi connectivity index (χ4v) is 6.59. The normalized spacial score (nSPS) is 17.7. The van der Waals surface area contributed by atoms with Crippen LogP contribution in [0, 0.1) is 0 Å². The van der Waals surface area contributed by atoms with Crippen molar-refractivity contribution in [3.8, 4) is 57.5 Å². The molecule has 2 heterocycles. The van der Waals surface area contributed by atoms with Crippen LogP contribution in [0.25, 0.3) is 0 Å². The summed E-state index contributed by atoms with van der Waals surface area (Å²) in [6.45, 7) is 0. The molecule has 0 saturated heterocycles. The third-order valence-corrected chi connectivity index (χ3v) is 9.00. The minimum atomic E-state index is -1.07. The van der Waals surface area contributed by atoms with Gasteiger partial charge in [0.2, 0.25) is 0 Å². The molecule has 0 saturated carbocycles. The van der Waals surface area contributed by atoms with E-state index in [-0.39, 0.29) is 40.8 Å². The molecule has 4 aromatic carbocycles. The molecule has 0 aliphatic carbocycles. The highest BCUT2D eigenvalue weighted by Crippen LogP contribution is 2.56. The Balaban J connectivity index is 1.61.